The zero-order valence-corrected chi connectivity index (χ0v) is 6.71. The molecule has 0 saturated heterocycles. The molecule has 0 atom stereocenters. The van der Waals surface area contributed by atoms with E-state index in [1.807, 2.05) is 0 Å². The Morgan fingerprint density at radius 2 is 1.14 bits per heavy atom. The zero-order valence-electron chi connectivity index (χ0n) is 3.33. The summed E-state index contributed by atoms with van der Waals surface area (Å²) in [5.41, 5.74) is 0. The van der Waals surface area contributed by atoms with Crippen molar-refractivity contribution >= 4 is 50.8 Å². The first-order valence-corrected chi connectivity index (χ1v) is 2.00. The van der Waals surface area contributed by atoms with Gasteiger partial charge in [-0.2, -0.15) is 0 Å². The van der Waals surface area contributed by atoms with Crippen LogP contribution in [0, 0.1) is 0 Å². The predicted molar refractivity (Wildman–Crippen MR) is 22.0 cm³/mol. The third-order valence-electron chi connectivity index (χ3n) is 0. The monoisotopic (exact) mass is 147 g/mol. The van der Waals surface area contributed by atoms with Gasteiger partial charge in [0.25, 0.3) is 0 Å². The van der Waals surface area contributed by atoms with Crippen LogP contribution in [-0.4, -0.2) is 57.9 Å². The van der Waals surface area contributed by atoms with Crippen LogP contribution in [-0.2, 0) is 10.4 Å². The van der Waals surface area contributed by atoms with Gasteiger partial charge in [0.05, 0.1) is 0 Å². The number of hydrogen-bond donors (Lipinski definition) is 0. The van der Waals surface area contributed by atoms with Crippen LogP contribution in [0.2, 0.25) is 0 Å². The van der Waals surface area contributed by atoms with E-state index in [0.717, 1.165) is 0 Å². The first kappa shape index (κ1) is 15.7. The maximum atomic E-state index is 8.52. The van der Waals surface area contributed by atoms with Crippen molar-refractivity contribution in [2.24, 2.45) is 0 Å². The van der Waals surface area contributed by atoms with E-state index in [1.54, 1.807) is 0 Å². The molecule has 0 N–H and O–H groups in total. The van der Waals surface area contributed by atoms with Gasteiger partial charge in [-0.3, -0.25) is 8.42 Å². The van der Waals surface area contributed by atoms with Crippen LogP contribution in [0.25, 0.3) is 0 Å². The average molecular weight is 147 g/mol. The summed E-state index contributed by atoms with van der Waals surface area (Å²) < 4.78 is 34.1. The largest absolute Gasteiger partial charge is 3.00 e. The van der Waals surface area contributed by atoms with Crippen molar-refractivity contribution in [1.82, 2.24) is 0 Å². The molecule has 0 spiro atoms. The summed E-state index contributed by atoms with van der Waals surface area (Å²) in [5, 5.41) is 0. The Labute approximate surface area is 68.1 Å². The number of hydrogen-bond acceptors (Lipinski definition) is 4. The summed E-state index contributed by atoms with van der Waals surface area (Å²) in [6.07, 6.45) is 0. The summed E-state index contributed by atoms with van der Waals surface area (Å²) >= 11 is 0. The van der Waals surface area contributed by atoms with Crippen LogP contribution in [0.1, 0.15) is 0 Å². The Morgan fingerprint density at radius 3 is 1.14 bits per heavy atom. The molecule has 0 aliphatic rings. The van der Waals surface area contributed by atoms with Gasteiger partial charge in [-0.1, -0.05) is 0 Å². The van der Waals surface area contributed by atoms with Gasteiger partial charge in [0, 0.05) is 10.4 Å². The van der Waals surface area contributed by atoms with Gasteiger partial charge in [-0.25, -0.2) is 0 Å². The molecule has 0 heterocycles. The van der Waals surface area contributed by atoms with Gasteiger partial charge in [0.1, 0.15) is 0 Å². The van der Waals surface area contributed by atoms with E-state index in [4.69, 9.17) is 17.5 Å². The first-order valence-electron chi connectivity index (χ1n) is 0.667. The summed E-state index contributed by atoms with van der Waals surface area (Å²) in [5.74, 6) is 0. The zero-order chi connectivity index (χ0) is 4.50. The van der Waals surface area contributed by atoms with E-state index in [2.05, 4.69) is 0 Å². The third-order valence-corrected chi connectivity index (χ3v) is 0. The Kier molecular flexibility index (Phi) is 11.9. The molecular formula is AlMgO4S+3. The van der Waals surface area contributed by atoms with Crippen LogP contribution in [0.4, 0.5) is 0 Å². The van der Waals surface area contributed by atoms with E-state index >= 15 is 0 Å². The van der Waals surface area contributed by atoms with Gasteiger partial charge in [-0.05, 0) is 0 Å². The molecule has 0 saturated carbocycles. The predicted octanol–water partition coefficient (Wildman–Crippen LogP) is -2.10. The fourth-order valence-corrected chi connectivity index (χ4v) is 0. The minimum absolute atomic E-state index is 0. The maximum absolute atomic E-state index is 8.52. The van der Waals surface area contributed by atoms with Gasteiger partial charge < -0.3 is 9.11 Å². The second-order valence-electron chi connectivity index (χ2n) is 0.408. The molecule has 4 nitrogen and oxygen atoms in total. The normalized spacial score (nSPS) is 8.29. The summed E-state index contributed by atoms with van der Waals surface area (Å²) in [6.45, 7) is 0. The third kappa shape index (κ3) is 140. The Bertz CT molecular complexity index is 94.9. The Morgan fingerprint density at radius 1 is 1.14 bits per heavy atom. The molecule has 0 rings (SSSR count). The van der Waals surface area contributed by atoms with E-state index in [0.29, 0.717) is 0 Å². The van der Waals surface area contributed by atoms with Crippen molar-refractivity contribution in [3.63, 3.8) is 0 Å². The minimum atomic E-state index is -5.17. The van der Waals surface area contributed by atoms with E-state index in [9.17, 15) is 0 Å². The molecule has 7 heavy (non-hydrogen) atoms. The van der Waals surface area contributed by atoms with Gasteiger partial charge in [0.15, 0.2) is 0 Å². The van der Waals surface area contributed by atoms with Gasteiger partial charge in [0.2, 0.25) is 0 Å². The molecule has 0 aromatic carbocycles. The summed E-state index contributed by atoms with van der Waals surface area (Å²) in [6, 6.07) is 0. The number of rotatable bonds is 0. The maximum Gasteiger partial charge on any atom is 3.00 e. The topological polar surface area (TPSA) is 80.3 Å². The molecule has 0 aliphatic carbocycles. The second kappa shape index (κ2) is 5.31. The SMILES string of the molecule is O=S(=O)([O-])[O-].[Al+3].[Mg+2]. The van der Waals surface area contributed by atoms with Crippen LogP contribution in [0.3, 0.4) is 0 Å². The Balaban J connectivity index is -0.0000000800. The molecule has 0 bridgehead atoms. The molecule has 0 aliphatic heterocycles. The smallest absolute Gasteiger partial charge is 0.759 e. The fourth-order valence-electron chi connectivity index (χ4n) is 0. The first-order chi connectivity index (χ1) is 2.00. The molecular weight excluding hydrogens is 147 g/mol. The molecule has 0 unspecified atom stereocenters. The average Bonchev–Trinajstić information content (AvgIpc) is 0.722. The van der Waals surface area contributed by atoms with E-state index in [-0.39, 0.29) is 40.4 Å². The Hall–Kier alpha value is 1.17. The quantitative estimate of drug-likeness (QED) is 0.223. The van der Waals surface area contributed by atoms with Crippen molar-refractivity contribution in [1.29, 1.82) is 0 Å². The van der Waals surface area contributed by atoms with E-state index < -0.39 is 10.4 Å². The van der Waals surface area contributed by atoms with Crippen molar-refractivity contribution < 1.29 is 17.5 Å². The molecule has 0 fully saturated rings. The molecule has 0 radical (unpaired) electrons. The summed E-state index contributed by atoms with van der Waals surface area (Å²) in [7, 11) is -5.17. The molecule has 7 heteroatoms. The van der Waals surface area contributed by atoms with E-state index in [1.165, 1.54) is 0 Å². The molecule has 0 aromatic heterocycles. The minimum Gasteiger partial charge on any atom is -0.759 e. The van der Waals surface area contributed by atoms with Crippen LogP contribution in [0.15, 0.2) is 0 Å². The summed E-state index contributed by atoms with van der Waals surface area (Å²) in [4.78, 5) is 0. The van der Waals surface area contributed by atoms with Crippen LogP contribution >= 0.6 is 0 Å². The van der Waals surface area contributed by atoms with Crippen LogP contribution < -0.4 is 0 Å². The standard InChI is InChI=1S/Al.Mg.H2O4S/c;;1-5(2,3)4/h;;(H2,1,2,3,4)/q+3;+2;/p-2. The van der Waals surface area contributed by atoms with Crippen molar-refractivity contribution in [3.05, 3.63) is 0 Å². The van der Waals surface area contributed by atoms with Gasteiger partial charge >= 0.3 is 40.4 Å². The van der Waals surface area contributed by atoms with Crippen molar-refractivity contribution in [2.75, 3.05) is 0 Å². The van der Waals surface area contributed by atoms with Crippen molar-refractivity contribution in [3.8, 4) is 0 Å². The van der Waals surface area contributed by atoms with Crippen LogP contribution in [0.5, 0.6) is 0 Å². The molecule has 0 aromatic rings. The molecule has 32 valence electrons. The van der Waals surface area contributed by atoms with Crippen molar-refractivity contribution in [2.45, 2.75) is 0 Å². The van der Waals surface area contributed by atoms with Gasteiger partial charge in [-0.15, -0.1) is 0 Å². The second-order valence-corrected chi connectivity index (χ2v) is 1.22. The molecule has 0 amide bonds. The fraction of sp³-hybridized carbons (Fsp3) is 0.